The summed E-state index contributed by atoms with van der Waals surface area (Å²) in [7, 11) is 0. The number of carbonyl (C=O) groups is 1. The number of carbonyl (C=O) groups excluding carboxylic acids is 1. The lowest BCUT2D eigenvalue weighted by Crippen LogP contribution is -2.37. The topological polar surface area (TPSA) is 123 Å². The van der Waals surface area contributed by atoms with Crippen LogP contribution in [0.4, 0.5) is 17.1 Å². The fourth-order valence-corrected chi connectivity index (χ4v) is 4.90. The smallest absolute Gasteiger partial charge is 0.293 e. The molecule has 4 aromatic rings. The number of ether oxygens (including phenoxy) is 1. The normalized spacial score (nSPS) is 13.4. The van der Waals surface area contributed by atoms with Crippen molar-refractivity contribution in [3.05, 3.63) is 78.9 Å². The number of hydrogen-bond donors (Lipinski definition) is 2. The van der Waals surface area contributed by atoms with Crippen LogP contribution in [0.25, 0.3) is 22.6 Å². The quantitative estimate of drug-likeness (QED) is 0.121. The Morgan fingerprint density at radius 1 is 1.13 bits per heavy atom. The zero-order chi connectivity index (χ0) is 26.8. The fourth-order valence-electron chi connectivity index (χ4n) is 4.00. The van der Waals surface area contributed by atoms with Crippen molar-refractivity contribution in [3.63, 3.8) is 0 Å². The van der Waals surface area contributed by atoms with Gasteiger partial charge in [-0.15, -0.1) is 0 Å². The first-order chi connectivity index (χ1) is 18.3. The molecule has 38 heavy (non-hydrogen) atoms. The Balaban J connectivity index is 1.29. The van der Waals surface area contributed by atoms with E-state index in [2.05, 4.69) is 38.2 Å². The Morgan fingerprint density at radius 3 is 2.68 bits per heavy atom. The molecule has 1 aromatic heterocycles. The van der Waals surface area contributed by atoms with Crippen LogP contribution in [0.5, 0.6) is 0 Å². The Kier molecular flexibility index (Phi) is 7.74. The molecule has 0 saturated carbocycles. The van der Waals surface area contributed by atoms with Gasteiger partial charge in [-0.25, -0.2) is 4.98 Å². The fraction of sp³-hybridized carbons (Fsp3) is 0.160. The van der Waals surface area contributed by atoms with Gasteiger partial charge in [-0.2, -0.15) is 0 Å². The summed E-state index contributed by atoms with van der Waals surface area (Å²) in [6.45, 7) is 2.05. The number of nitrogens with one attached hydrogen (secondary N) is 2. The summed E-state index contributed by atoms with van der Waals surface area (Å²) in [5.41, 5.74) is 2.79. The zero-order valence-corrected chi connectivity index (χ0v) is 23.3. The number of anilines is 2. The van der Waals surface area contributed by atoms with E-state index in [9.17, 15) is 14.9 Å². The minimum Gasteiger partial charge on any atom is -0.436 e. The molecule has 0 atom stereocenters. The Bertz CT molecular complexity index is 1570. The number of nitrogens with zero attached hydrogens (tertiary/aromatic N) is 3. The molecule has 1 fully saturated rings. The summed E-state index contributed by atoms with van der Waals surface area (Å²) >= 11 is 13.8. The molecule has 0 radical (unpaired) electrons. The zero-order valence-electron chi connectivity index (χ0n) is 19.6. The van der Waals surface area contributed by atoms with E-state index in [1.807, 2.05) is 17.0 Å². The third-order valence-corrected chi connectivity index (χ3v) is 7.02. The highest BCUT2D eigenvalue weighted by Crippen LogP contribution is 2.32. The van der Waals surface area contributed by atoms with Crippen LogP contribution >= 0.6 is 46.4 Å². The summed E-state index contributed by atoms with van der Waals surface area (Å²) in [4.78, 5) is 30.4. The molecular formula is C25H19ClIN5O5S. The standard InChI is InChI=1S/C25H19ClIN5O5S/c26-18-4-2-15(27)12-17(18)24-29-19-13-16(3-6-22(19)37-24)28-25(38)30-23(33)14-1-5-20(21(11-14)32(34)35)31-7-9-36-10-8-31/h1-6,11-13H,7-10H2,(H2,28,30,33,38). The third-order valence-electron chi connectivity index (χ3n) is 5.82. The molecule has 3 aromatic carbocycles. The molecule has 10 nitrogen and oxygen atoms in total. The maximum atomic E-state index is 12.8. The lowest BCUT2D eigenvalue weighted by atomic mass is 10.1. The Labute approximate surface area is 240 Å². The number of aromatic nitrogens is 1. The van der Waals surface area contributed by atoms with Crippen molar-refractivity contribution < 1.29 is 18.9 Å². The Hall–Kier alpha value is -3.33. The first-order valence-corrected chi connectivity index (χ1v) is 13.2. The molecule has 13 heteroatoms. The molecule has 1 saturated heterocycles. The largest absolute Gasteiger partial charge is 0.436 e. The van der Waals surface area contributed by atoms with E-state index in [1.165, 1.54) is 12.1 Å². The molecule has 0 spiro atoms. The number of halogens is 2. The molecule has 2 N–H and O–H groups in total. The van der Waals surface area contributed by atoms with E-state index < -0.39 is 10.8 Å². The number of thiocarbonyl (C=S) groups is 1. The average Bonchev–Trinajstić information content (AvgIpc) is 3.33. The molecule has 0 aliphatic carbocycles. The second-order valence-electron chi connectivity index (χ2n) is 8.29. The van der Waals surface area contributed by atoms with Crippen LogP contribution in [-0.2, 0) is 4.74 Å². The number of oxazole rings is 1. The van der Waals surface area contributed by atoms with Crippen LogP contribution in [0.2, 0.25) is 5.02 Å². The van der Waals surface area contributed by atoms with E-state index in [0.29, 0.717) is 65.3 Å². The van der Waals surface area contributed by atoms with Crippen molar-refractivity contribution in [2.24, 2.45) is 0 Å². The van der Waals surface area contributed by atoms with Gasteiger partial charge in [0.2, 0.25) is 5.89 Å². The highest BCUT2D eigenvalue weighted by Gasteiger charge is 2.23. The number of benzene rings is 3. The minimum atomic E-state index is -0.572. The summed E-state index contributed by atoms with van der Waals surface area (Å²) in [5, 5.41) is 17.8. The summed E-state index contributed by atoms with van der Waals surface area (Å²) in [5.74, 6) is -0.184. The van der Waals surface area contributed by atoms with Gasteiger partial charge in [-0.05, 0) is 83.3 Å². The van der Waals surface area contributed by atoms with Crippen molar-refractivity contribution in [1.29, 1.82) is 0 Å². The second-order valence-corrected chi connectivity index (χ2v) is 10.4. The van der Waals surface area contributed by atoms with Gasteiger partial charge in [0, 0.05) is 34.0 Å². The van der Waals surface area contributed by atoms with Crippen molar-refractivity contribution in [2.75, 3.05) is 36.5 Å². The molecule has 1 aliphatic rings. The highest BCUT2D eigenvalue weighted by atomic mass is 127. The summed E-state index contributed by atoms with van der Waals surface area (Å²) in [6, 6.07) is 15.1. The lowest BCUT2D eigenvalue weighted by Gasteiger charge is -2.28. The molecule has 1 amide bonds. The maximum Gasteiger partial charge on any atom is 0.293 e. The number of fused-ring (bicyclic) bond motifs is 1. The average molecular weight is 664 g/mol. The number of nitro groups is 1. The molecular weight excluding hydrogens is 645 g/mol. The monoisotopic (exact) mass is 663 g/mol. The van der Waals surface area contributed by atoms with Crippen molar-refractivity contribution in [1.82, 2.24) is 10.3 Å². The van der Waals surface area contributed by atoms with E-state index in [4.69, 9.17) is 33.0 Å². The molecule has 0 unspecified atom stereocenters. The number of rotatable bonds is 5. The van der Waals surface area contributed by atoms with Crippen LogP contribution in [-0.4, -0.2) is 47.2 Å². The molecule has 0 bridgehead atoms. The number of amides is 1. The van der Waals surface area contributed by atoms with Gasteiger partial charge in [0.15, 0.2) is 10.7 Å². The van der Waals surface area contributed by atoms with E-state index in [1.54, 1.807) is 30.3 Å². The SMILES string of the molecule is O=C(NC(=S)Nc1ccc2oc(-c3cc(I)ccc3Cl)nc2c1)c1ccc(N2CCOCC2)c([N+](=O)[O-])c1. The Morgan fingerprint density at radius 2 is 1.92 bits per heavy atom. The molecule has 2 heterocycles. The number of morpholine rings is 1. The van der Waals surface area contributed by atoms with Crippen molar-refractivity contribution in [2.45, 2.75) is 0 Å². The van der Waals surface area contributed by atoms with Gasteiger partial charge in [0.25, 0.3) is 11.6 Å². The molecule has 5 rings (SSSR count). The second kappa shape index (κ2) is 11.2. The van der Waals surface area contributed by atoms with Gasteiger partial charge in [-0.1, -0.05) is 11.6 Å². The van der Waals surface area contributed by atoms with Gasteiger partial charge in [0.05, 0.1) is 28.7 Å². The van der Waals surface area contributed by atoms with E-state index in [0.717, 1.165) is 3.57 Å². The highest BCUT2D eigenvalue weighted by molar-refractivity contribution is 14.1. The predicted molar refractivity (Wildman–Crippen MR) is 157 cm³/mol. The van der Waals surface area contributed by atoms with Crippen LogP contribution < -0.4 is 15.5 Å². The van der Waals surface area contributed by atoms with Gasteiger partial charge in [0.1, 0.15) is 11.2 Å². The first-order valence-electron chi connectivity index (χ1n) is 11.4. The van der Waals surface area contributed by atoms with E-state index in [-0.39, 0.29) is 16.4 Å². The van der Waals surface area contributed by atoms with Crippen LogP contribution in [0.3, 0.4) is 0 Å². The van der Waals surface area contributed by atoms with Crippen molar-refractivity contribution >= 4 is 85.6 Å². The first kappa shape index (κ1) is 26.3. The van der Waals surface area contributed by atoms with Crippen molar-refractivity contribution in [3.8, 4) is 11.5 Å². The van der Waals surface area contributed by atoms with Gasteiger partial charge >= 0.3 is 0 Å². The van der Waals surface area contributed by atoms with E-state index >= 15 is 0 Å². The van der Waals surface area contributed by atoms with Gasteiger partial charge in [-0.3, -0.25) is 20.2 Å². The van der Waals surface area contributed by atoms with Crippen LogP contribution in [0.15, 0.2) is 59.0 Å². The summed E-state index contributed by atoms with van der Waals surface area (Å²) in [6.07, 6.45) is 0. The number of nitro benzene ring substituents is 1. The third kappa shape index (κ3) is 5.72. The molecule has 194 valence electrons. The molecule has 1 aliphatic heterocycles. The predicted octanol–water partition coefficient (Wildman–Crippen LogP) is 5.62. The maximum absolute atomic E-state index is 12.8. The lowest BCUT2D eigenvalue weighted by molar-refractivity contribution is -0.384. The van der Waals surface area contributed by atoms with Crippen LogP contribution in [0.1, 0.15) is 10.4 Å². The minimum absolute atomic E-state index is 0.0265. The van der Waals surface area contributed by atoms with Gasteiger partial charge < -0.3 is 19.4 Å². The number of hydrogen-bond acceptors (Lipinski definition) is 8. The summed E-state index contributed by atoms with van der Waals surface area (Å²) < 4.78 is 12.2. The van der Waals surface area contributed by atoms with Crippen LogP contribution in [0, 0.1) is 13.7 Å².